The fourth-order valence-corrected chi connectivity index (χ4v) is 1.92. The van der Waals surface area contributed by atoms with Crippen LogP contribution in [0.3, 0.4) is 0 Å². The molecular weight excluding hydrogens is 164 g/mol. The topological polar surface area (TPSA) is 26.3 Å². The molecule has 2 aliphatic rings. The Morgan fingerprint density at radius 2 is 1.92 bits per heavy atom. The molecule has 2 nitrogen and oxygen atoms in total. The minimum atomic E-state index is -0.123. The summed E-state index contributed by atoms with van der Waals surface area (Å²) in [5.41, 5.74) is 0. The largest absolute Gasteiger partial charge is 0.466 e. The highest BCUT2D eigenvalue weighted by Gasteiger charge is 2.40. The highest BCUT2D eigenvalue weighted by molar-refractivity contribution is 5.68. The van der Waals surface area contributed by atoms with Crippen LogP contribution in [0.5, 0.6) is 0 Å². The van der Waals surface area contributed by atoms with Gasteiger partial charge in [-0.3, -0.25) is 4.79 Å². The number of ether oxygens (including phenoxy) is 1. The van der Waals surface area contributed by atoms with E-state index in [4.69, 9.17) is 0 Å². The van der Waals surface area contributed by atoms with E-state index in [0.717, 1.165) is 0 Å². The van der Waals surface area contributed by atoms with E-state index < -0.39 is 0 Å². The molecule has 0 aliphatic heterocycles. The van der Waals surface area contributed by atoms with E-state index in [9.17, 15) is 4.79 Å². The average Bonchev–Trinajstić information content (AvgIpc) is 2.75. The molecule has 0 heterocycles. The van der Waals surface area contributed by atoms with E-state index in [2.05, 4.69) is 4.74 Å². The molecule has 0 radical (unpaired) electrons. The first-order chi connectivity index (χ1) is 6.27. The zero-order chi connectivity index (χ0) is 9.68. The van der Waals surface area contributed by atoms with Crippen LogP contribution in [-0.2, 0) is 9.53 Å². The van der Waals surface area contributed by atoms with Gasteiger partial charge in [-0.2, -0.15) is 0 Å². The van der Waals surface area contributed by atoms with Gasteiger partial charge in [0.05, 0.1) is 6.61 Å². The summed E-state index contributed by atoms with van der Waals surface area (Å²) in [4.78, 5) is 10.2. The lowest BCUT2D eigenvalue weighted by Crippen LogP contribution is -2.00. The number of carbonyl (C=O) groups is 1. The minimum absolute atomic E-state index is 0.123. The van der Waals surface area contributed by atoms with Crippen LogP contribution in [0.1, 0.15) is 46.0 Å². The third kappa shape index (κ3) is 3.79. The summed E-state index contributed by atoms with van der Waals surface area (Å²) in [5.74, 6) is 2.30. The highest BCUT2D eigenvalue weighted by atomic mass is 16.5. The van der Waals surface area contributed by atoms with E-state index >= 15 is 0 Å². The molecule has 2 aliphatic carbocycles. The molecule has 13 heavy (non-hydrogen) atoms. The fourth-order valence-electron chi connectivity index (χ4n) is 1.92. The summed E-state index contributed by atoms with van der Waals surface area (Å²) in [5, 5.41) is 0. The fraction of sp³-hybridized carbons (Fsp3) is 0.909. The molecule has 0 aromatic rings. The van der Waals surface area contributed by atoms with Gasteiger partial charge in [-0.1, -0.05) is 26.2 Å². The molecule has 76 valence electrons. The molecule has 2 atom stereocenters. The molecule has 0 spiro atoms. The Labute approximate surface area is 80.7 Å². The van der Waals surface area contributed by atoms with Gasteiger partial charge in [0.15, 0.2) is 0 Å². The van der Waals surface area contributed by atoms with E-state index in [1.165, 1.54) is 18.3 Å². The molecule has 2 rings (SSSR count). The van der Waals surface area contributed by atoms with Gasteiger partial charge in [-0.25, -0.2) is 0 Å². The first-order valence-corrected chi connectivity index (χ1v) is 5.43. The summed E-state index contributed by atoms with van der Waals surface area (Å²) < 4.78 is 4.55. The van der Waals surface area contributed by atoms with Gasteiger partial charge in [0.2, 0.25) is 0 Å². The van der Waals surface area contributed by atoms with Gasteiger partial charge in [-0.15, -0.1) is 0 Å². The maximum atomic E-state index is 10.2. The van der Waals surface area contributed by atoms with Gasteiger partial charge in [0.1, 0.15) is 0 Å². The van der Waals surface area contributed by atoms with E-state index in [1.807, 2.05) is 0 Å². The molecular formula is C11H20O2. The van der Waals surface area contributed by atoms with Gasteiger partial charge in [0, 0.05) is 6.42 Å². The number of fused-ring (bicyclic) bond motifs is 1. The number of carbonyl (C=O) groups excluding carboxylic acids is 1. The Hall–Kier alpha value is -0.530. The lowest BCUT2D eigenvalue weighted by molar-refractivity contribution is -0.142. The Bertz CT molecular complexity index is 157. The molecule has 0 aromatic carbocycles. The Kier molecular flexibility index (Phi) is 4.26. The summed E-state index contributed by atoms with van der Waals surface area (Å²) in [6, 6.07) is 0. The molecule has 0 bridgehead atoms. The summed E-state index contributed by atoms with van der Waals surface area (Å²) in [7, 11) is 0. The van der Waals surface area contributed by atoms with E-state index in [-0.39, 0.29) is 5.97 Å². The minimum Gasteiger partial charge on any atom is -0.466 e. The second-order valence-corrected chi connectivity index (χ2v) is 3.85. The Morgan fingerprint density at radius 3 is 2.08 bits per heavy atom. The third-order valence-electron chi connectivity index (χ3n) is 2.81. The van der Waals surface area contributed by atoms with Crippen LogP contribution in [-0.4, -0.2) is 12.6 Å². The zero-order valence-corrected chi connectivity index (χ0v) is 8.71. The number of hydrogen-bond acceptors (Lipinski definition) is 2. The van der Waals surface area contributed by atoms with Crippen LogP contribution < -0.4 is 0 Å². The summed E-state index contributed by atoms with van der Waals surface area (Å²) in [6.45, 7) is 4.07. The number of hydrogen-bond donors (Lipinski definition) is 0. The van der Waals surface area contributed by atoms with E-state index in [1.54, 1.807) is 33.1 Å². The van der Waals surface area contributed by atoms with Crippen LogP contribution in [0.4, 0.5) is 0 Å². The van der Waals surface area contributed by atoms with Crippen molar-refractivity contribution in [1.29, 1.82) is 0 Å². The van der Waals surface area contributed by atoms with Crippen LogP contribution in [0, 0.1) is 11.8 Å². The Balaban J connectivity index is 0.000000130. The second-order valence-electron chi connectivity index (χ2n) is 3.85. The van der Waals surface area contributed by atoms with Crippen LogP contribution >= 0.6 is 0 Å². The molecule has 0 amide bonds. The number of rotatable bonds is 2. The highest BCUT2D eigenvalue weighted by Crippen LogP contribution is 2.51. The smallest absolute Gasteiger partial charge is 0.305 e. The van der Waals surface area contributed by atoms with Crippen LogP contribution in [0.15, 0.2) is 0 Å². The monoisotopic (exact) mass is 184 g/mol. The summed E-state index contributed by atoms with van der Waals surface area (Å²) in [6.07, 6.45) is 6.72. The van der Waals surface area contributed by atoms with Gasteiger partial charge in [0.25, 0.3) is 0 Å². The Morgan fingerprint density at radius 1 is 1.31 bits per heavy atom. The van der Waals surface area contributed by atoms with Crippen molar-refractivity contribution in [3.8, 4) is 0 Å². The molecule has 0 N–H and O–H groups in total. The molecule has 0 aromatic heterocycles. The maximum Gasteiger partial charge on any atom is 0.305 e. The lowest BCUT2D eigenvalue weighted by atomic mass is 10.3. The first-order valence-electron chi connectivity index (χ1n) is 5.43. The van der Waals surface area contributed by atoms with Crippen molar-refractivity contribution in [3.63, 3.8) is 0 Å². The van der Waals surface area contributed by atoms with Gasteiger partial charge in [-0.05, 0) is 25.2 Å². The average molecular weight is 184 g/mol. The van der Waals surface area contributed by atoms with E-state index in [0.29, 0.717) is 13.0 Å². The molecule has 2 fully saturated rings. The van der Waals surface area contributed by atoms with Crippen LogP contribution in [0.25, 0.3) is 0 Å². The standard InChI is InChI=1S/C6H10.C5H10O2/c1-2-5-4-6(5)3-1;1-3-5(6)7-4-2/h5-6H,1-4H2;3-4H2,1-2H3. The number of esters is 1. The zero-order valence-electron chi connectivity index (χ0n) is 8.71. The molecule has 2 saturated carbocycles. The molecule has 0 saturated heterocycles. The lowest BCUT2D eigenvalue weighted by Gasteiger charge is -1.93. The van der Waals surface area contributed by atoms with Crippen molar-refractivity contribution in [1.82, 2.24) is 0 Å². The normalized spacial score (nSPS) is 28.5. The van der Waals surface area contributed by atoms with Crippen molar-refractivity contribution < 1.29 is 9.53 Å². The van der Waals surface area contributed by atoms with Crippen LogP contribution in [0.2, 0.25) is 0 Å². The van der Waals surface area contributed by atoms with Crippen molar-refractivity contribution in [2.75, 3.05) is 6.61 Å². The molecule has 2 heteroatoms. The van der Waals surface area contributed by atoms with Crippen molar-refractivity contribution in [2.24, 2.45) is 11.8 Å². The molecule has 2 unspecified atom stereocenters. The quantitative estimate of drug-likeness (QED) is 0.617. The third-order valence-corrected chi connectivity index (χ3v) is 2.81. The second kappa shape index (κ2) is 5.25. The predicted octanol–water partition coefficient (Wildman–Crippen LogP) is 2.77. The van der Waals surface area contributed by atoms with Crippen molar-refractivity contribution >= 4 is 5.97 Å². The van der Waals surface area contributed by atoms with Crippen molar-refractivity contribution in [2.45, 2.75) is 46.0 Å². The van der Waals surface area contributed by atoms with Gasteiger partial charge < -0.3 is 4.74 Å². The predicted molar refractivity (Wildman–Crippen MR) is 52.4 cm³/mol. The summed E-state index contributed by atoms with van der Waals surface area (Å²) >= 11 is 0. The van der Waals surface area contributed by atoms with Gasteiger partial charge >= 0.3 is 5.97 Å². The maximum absolute atomic E-state index is 10.2. The van der Waals surface area contributed by atoms with Crippen molar-refractivity contribution in [3.05, 3.63) is 0 Å². The first kappa shape index (κ1) is 10.6. The SMILES string of the molecule is C1CC2CC2C1.CCOC(=O)CC.